The molecule has 112 valence electrons. The van der Waals surface area contributed by atoms with Crippen LogP contribution in [0.1, 0.15) is 0 Å². The monoisotopic (exact) mass is 377 g/mol. The molecule has 0 bridgehead atoms. The van der Waals surface area contributed by atoms with Crippen LogP contribution in [0, 0.1) is 0 Å². The van der Waals surface area contributed by atoms with Crippen LogP contribution in [-0.2, 0) is 7.05 Å². The van der Waals surface area contributed by atoms with Crippen molar-refractivity contribution in [1.29, 1.82) is 0 Å². The molecule has 0 atom stereocenters. The van der Waals surface area contributed by atoms with Crippen molar-refractivity contribution in [3.8, 4) is 11.3 Å². The minimum atomic E-state index is -0.323. The molecule has 3 aromatic rings. The molecule has 3 rings (SSSR count). The Balaban J connectivity index is 1.78. The summed E-state index contributed by atoms with van der Waals surface area (Å²) in [6, 6.07) is 7.24. The summed E-state index contributed by atoms with van der Waals surface area (Å²) >= 11 is 4.85. The number of rotatable bonds is 3. The Bertz CT molecular complexity index is 780. The summed E-state index contributed by atoms with van der Waals surface area (Å²) in [6.07, 6.45) is 3.38. The van der Waals surface area contributed by atoms with Gasteiger partial charge in [-0.15, -0.1) is 11.3 Å². The number of benzene rings is 1. The number of anilines is 2. The van der Waals surface area contributed by atoms with E-state index >= 15 is 0 Å². The van der Waals surface area contributed by atoms with E-state index in [4.69, 9.17) is 0 Å². The third kappa shape index (κ3) is 3.18. The van der Waals surface area contributed by atoms with Crippen molar-refractivity contribution < 1.29 is 4.79 Å². The van der Waals surface area contributed by atoms with Gasteiger partial charge in [0.2, 0.25) is 0 Å². The minimum absolute atomic E-state index is 0.323. The van der Waals surface area contributed by atoms with Gasteiger partial charge in [-0.25, -0.2) is 9.78 Å². The molecule has 0 radical (unpaired) electrons. The van der Waals surface area contributed by atoms with Crippen molar-refractivity contribution in [2.75, 3.05) is 10.6 Å². The second-order valence-electron chi connectivity index (χ2n) is 4.46. The van der Waals surface area contributed by atoms with Crippen LogP contribution in [0.15, 0.2) is 46.5 Å². The molecule has 2 aromatic heterocycles. The number of aryl methyl sites for hydroxylation is 1. The predicted molar refractivity (Wildman–Crippen MR) is 91.1 cm³/mol. The number of nitrogens with zero attached hydrogens (tertiary/aromatic N) is 3. The largest absolute Gasteiger partial charge is 0.325 e. The van der Waals surface area contributed by atoms with Gasteiger partial charge in [-0.1, -0.05) is 12.1 Å². The van der Waals surface area contributed by atoms with Crippen LogP contribution in [0.25, 0.3) is 11.3 Å². The van der Waals surface area contributed by atoms with Gasteiger partial charge in [0.1, 0.15) is 0 Å². The Hall–Kier alpha value is -2.19. The van der Waals surface area contributed by atoms with E-state index in [-0.39, 0.29) is 6.03 Å². The summed E-state index contributed by atoms with van der Waals surface area (Å²) in [5.74, 6) is 0. The zero-order valence-corrected chi connectivity index (χ0v) is 14.0. The van der Waals surface area contributed by atoms with E-state index in [1.165, 1.54) is 11.3 Å². The van der Waals surface area contributed by atoms with E-state index in [1.807, 2.05) is 31.3 Å². The van der Waals surface area contributed by atoms with Crippen molar-refractivity contribution in [2.45, 2.75) is 0 Å². The van der Waals surface area contributed by atoms with Gasteiger partial charge in [-0.05, 0) is 28.1 Å². The van der Waals surface area contributed by atoms with Crippen LogP contribution < -0.4 is 10.6 Å². The molecule has 0 saturated carbocycles. The lowest BCUT2D eigenvalue weighted by Crippen LogP contribution is -2.19. The molecule has 0 fully saturated rings. The molecule has 0 aliphatic heterocycles. The van der Waals surface area contributed by atoms with Crippen molar-refractivity contribution in [2.24, 2.45) is 7.05 Å². The zero-order chi connectivity index (χ0) is 15.5. The van der Waals surface area contributed by atoms with Gasteiger partial charge >= 0.3 is 6.03 Å². The number of hydrogen-bond acceptors (Lipinski definition) is 4. The van der Waals surface area contributed by atoms with E-state index in [1.54, 1.807) is 22.5 Å². The maximum absolute atomic E-state index is 11.9. The number of nitrogens with one attached hydrogen (secondary N) is 2. The fourth-order valence-electron chi connectivity index (χ4n) is 2.02. The lowest BCUT2D eigenvalue weighted by molar-refractivity contribution is 0.262. The second-order valence-corrected chi connectivity index (χ2v) is 6.21. The fourth-order valence-corrected chi connectivity index (χ4v) is 3.13. The first-order valence-electron chi connectivity index (χ1n) is 6.39. The topological polar surface area (TPSA) is 71.8 Å². The number of hydrogen-bond donors (Lipinski definition) is 2. The van der Waals surface area contributed by atoms with Crippen molar-refractivity contribution in [3.63, 3.8) is 0 Å². The maximum atomic E-state index is 11.9. The Labute approximate surface area is 139 Å². The lowest BCUT2D eigenvalue weighted by Gasteiger charge is -2.08. The molecule has 0 saturated heterocycles. The molecular weight excluding hydrogens is 366 g/mol. The second kappa shape index (κ2) is 6.29. The Kier molecular flexibility index (Phi) is 4.21. The highest BCUT2D eigenvalue weighted by molar-refractivity contribution is 9.10. The summed E-state index contributed by atoms with van der Waals surface area (Å²) in [5.41, 5.74) is 2.60. The first kappa shape index (κ1) is 14.7. The highest BCUT2D eigenvalue weighted by Crippen LogP contribution is 2.29. The van der Waals surface area contributed by atoms with Crippen LogP contribution in [-0.4, -0.2) is 20.8 Å². The van der Waals surface area contributed by atoms with E-state index in [0.717, 1.165) is 15.7 Å². The fraction of sp³-hybridized carbons (Fsp3) is 0.0714. The van der Waals surface area contributed by atoms with E-state index < -0.39 is 0 Å². The molecule has 8 heteroatoms. The number of carbonyl (C=O) groups excluding carboxylic acids is 1. The predicted octanol–water partition coefficient (Wildman–Crippen LogP) is 3.95. The SMILES string of the molecule is Cn1ncc(Br)c1-c1cccc(NC(=O)Nc2nccs2)c1. The van der Waals surface area contributed by atoms with Gasteiger partial charge in [-0.2, -0.15) is 5.10 Å². The number of carbonyl (C=O) groups is 1. The lowest BCUT2D eigenvalue weighted by atomic mass is 10.1. The average molecular weight is 378 g/mol. The molecule has 6 nitrogen and oxygen atoms in total. The Morgan fingerprint density at radius 2 is 2.23 bits per heavy atom. The summed E-state index contributed by atoms with van der Waals surface area (Å²) < 4.78 is 2.68. The minimum Gasteiger partial charge on any atom is -0.308 e. The smallest absolute Gasteiger partial charge is 0.308 e. The first-order valence-corrected chi connectivity index (χ1v) is 8.06. The molecule has 0 unspecified atom stereocenters. The van der Waals surface area contributed by atoms with Gasteiger partial charge in [0, 0.05) is 29.9 Å². The standard InChI is InChI=1S/C14H12BrN5OS/c1-20-12(11(15)8-17-20)9-3-2-4-10(7-9)18-13(21)19-14-16-5-6-22-14/h2-8H,1H3,(H2,16,18,19,21). The zero-order valence-electron chi connectivity index (χ0n) is 11.6. The molecule has 22 heavy (non-hydrogen) atoms. The number of amides is 2. The number of thiazole rings is 1. The van der Waals surface area contributed by atoms with Crippen LogP contribution >= 0.6 is 27.3 Å². The maximum Gasteiger partial charge on any atom is 0.325 e. The quantitative estimate of drug-likeness (QED) is 0.725. The Morgan fingerprint density at radius 1 is 1.36 bits per heavy atom. The van der Waals surface area contributed by atoms with Gasteiger partial charge in [-0.3, -0.25) is 10.00 Å². The van der Waals surface area contributed by atoms with E-state index in [0.29, 0.717) is 10.8 Å². The van der Waals surface area contributed by atoms with Gasteiger partial charge < -0.3 is 5.32 Å². The summed E-state index contributed by atoms with van der Waals surface area (Å²) in [5, 5.41) is 12.0. The molecular formula is C14H12BrN5OS. The third-order valence-corrected chi connectivity index (χ3v) is 4.21. The molecule has 1 aromatic carbocycles. The molecule has 2 heterocycles. The summed E-state index contributed by atoms with van der Waals surface area (Å²) in [7, 11) is 1.87. The first-order chi connectivity index (χ1) is 10.6. The van der Waals surface area contributed by atoms with Crippen LogP contribution in [0.2, 0.25) is 0 Å². The van der Waals surface area contributed by atoms with Crippen LogP contribution in [0.4, 0.5) is 15.6 Å². The van der Waals surface area contributed by atoms with Gasteiger partial charge in [0.25, 0.3) is 0 Å². The summed E-state index contributed by atoms with van der Waals surface area (Å²) in [4.78, 5) is 15.9. The Morgan fingerprint density at radius 3 is 2.91 bits per heavy atom. The molecule has 2 N–H and O–H groups in total. The molecule has 0 aliphatic rings. The van der Waals surface area contributed by atoms with Crippen LogP contribution in [0.3, 0.4) is 0 Å². The van der Waals surface area contributed by atoms with Crippen molar-refractivity contribution >= 4 is 44.1 Å². The number of halogens is 1. The number of aromatic nitrogens is 3. The molecule has 0 spiro atoms. The third-order valence-electron chi connectivity index (χ3n) is 2.94. The van der Waals surface area contributed by atoms with E-state index in [9.17, 15) is 4.79 Å². The van der Waals surface area contributed by atoms with Gasteiger partial charge in [0.05, 0.1) is 16.4 Å². The molecule has 0 aliphatic carbocycles. The number of urea groups is 1. The molecule has 2 amide bonds. The highest BCUT2D eigenvalue weighted by atomic mass is 79.9. The van der Waals surface area contributed by atoms with E-state index in [2.05, 4.69) is 36.6 Å². The van der Waals surface area contributed by atoms with Gasteiger partial charge in [0.15, 0.2) is 5.13 Å². The van der Waals surface area contributed by atoms with Crippen LogP contribution in [0.5, 0.6) is 0 Å². The summed E-state index contributed by atoms with van der Waals surface area (Å²) in [6.45, 7) is 0. The highest BCUT2D eigenvalue weighted by Gasteiger charge is 2.10. The van der Waals surface area contributed by atoms with Crippen molar-refractivity contribution in [3.05, 3.63) is 46.5 Å². The average Bonchev–Trinajstić information content (AvgIpc) is 3.09. The van der Waals surface area contributed by atoms with Crippen molar-refractivity contribution in [1.82, 2.24) is 14.8 Å². The normalized spacial score (nSPS) is 10.5.